The lowest BCUT2D eigenvalue weighted by molar-refractivity contribution is 0.0234. The van der Waals surface area contributed by atoms with Crippen molar-refractivity contribution in [3.05, 3.63) is 142 Å². The summed E-state index contributed by atoms with van der Waals surface area (Å²) in [5.74, 6) is 0.345. The molecule has 7 rings (SSSR count). The molecule has 0 spiro atoms. The van der Waals surface area contributed by atoms with Gasteiger partial charge in [0.25, 0.3) is 0 Å². The van der Waals surface area contributed by atoms with Crippen LogP contribution < -0.4 is 15.1 Å². The van der Waals surface area contributed by atoms with Crippen molar-refractivity contribution in [2.45, 2.75) is 18.6 Å². The first-order chi connectivity index (χ1) is 25.4. The number of pyridine rings is 1. The van der Waals surface area contributed by atoms with E-state index in [0.717, 1.165) is 29.8 Å². The fourth-order valence-corrected chi connectivity index (χ4v) is 8.70. The highest BCUT2D eigenvalue weighted by molar-refractivity contribution is 8.76. The number of carbonyl (C=O) groups is 1. The summed E-state index contributed by atoms with van der Waals surface area (Å²) in [5.41, 5.74) is 2.59. The Labute approximate surface area is 311 Å². The lowest BCUT2D eigenvalue weighted by Gasteiger charge is -2.37. The van der Waals surface area contributed by atoms with Gasteiger partial charge in [0.15, 0.2) is 11.6 Å². The lowest BCUT2D eigenvalue weighted by Crippen LogP contribution is -2.45. The number of piperazine rings is 1. The number of halogens is 1. The zero-order chi connectivity index (χ0) is 36.1. The Morgan fingerprint density at radius 1 is 0.865 bits per heavy atom. The van der Waals surface area contributed by atoms with Gasteiger partial charge in [0.1, 0.15) is 30.1 Å². The van der Waals surface area contributed by atoms with E-state index < -0.39 is 22.8 Å². The average Bonchev–Trinajstić information content (AvgIpc) is 3.18. The van der Waals surface area contributed by atoms with Gasteiger partial charge in [-0.2, -0.15) is 0 Å². The molecule has 1 aromatic heterocycles. The number of anilines is 1. The average molecular weight is 740 g/mol. The van der Waals surface area contributed by atoms with Crippen LogP contribution in [0.5, 0.6) is 5.75 Å². The van der Waals surface area contributed by atoms with Crippen LogP contribution in [0, 0.1) is 5.82 Å². The van der Waals surface area contributed by atoms with E-state index in [0.29, 0.717) is 54.8 Å². The number of nitrogens with zero attached hydrogens (tertiary/aromatic N) is 3. The quantitative estimate of drug-likeness (QED) is 0.0532. The zero-order valence-electron chi connectivity index (χ0n) is 29.3. The number of hydrogen-bond donors (Lipinski definition) is 0. The maximum absolute atomic E-state index is 15.7. The minimum Gasteiger partial charge on any atom is -0.487 e. The summed E-state index contributed by atoms with van der Waals surface area (Å²) in [7, 11) is 5.25. The van der Waals surface area contributed by atoms with Gasteiger partial charge in [0.05, 0.1) is 23.6 Å². The molecule has 1 fully saturated rings. The van der Waals surface area contributed by atoms with Crippen LogP contribution >= 0.6 is 21.6 Å². The second-order valence-corrected chi connectivity index (χ2v) is 15.8. The lowest BCUT2D eigenvalue weighted by atomic mass is 9.80. The van der Waals surface area contributed by atoms with Crippen LogP contribution in [0.15, 0.2) is 108 Å². The highest BCUT2D eigenvalue weighted by atomic mass is 33.1. The second kappa shape index (κ2) is 16.2. The van der Waals surface area contributed by atoms with Gasteiger partial charge in [-0.15, -0.1) is 0 Å². The number of hydrogen-bond acceptors (Lipinski definition) is 9. The third kappa shape index (κ3) is 7.19. The van der Waals surface area contributed by atoms with Crippen LogP contribution in [0.3, 0.4) is 0 Å². The van der Waals surface area contributed by atoms with Crippen molar-refractivity contribution in [1.29, 1.82) is 0 Å². The van der Waals surface area contributed by atoms with Gasteiger partial charge in [-0.3, -0.25) is 4.79 Å². The molecule has 2 aliphatic rings. The summed E-state index contributed by atoms with van der Waals surface area (Å²) in [5, 5.41) is 0.119. The van der Waals surface area contributed by atoms with Gasteiger partial charge in [0, 0.05) is 43.9 Å². The van der Waals surface area contributed by atoms with E-state index in [1.807, 2.05) is 78.0 Å². The van der Waals surface area contributed by atoms with Gasteiger partial charge in [0.2, 0.25) is 5.43 Å². The van der Waals surface area contributed by atoms with E-state index in [1.165, 1.54) is 6.07 Å². The van der Waals surface area contributed by atoms with E-state index in [-0.39, 0.29) is 23.6 Å². The summed E-state index contributed by atoms with van der Waals surface area (Å²) >= 11 is 0. The molecule has 270 valence electrons. The Bertz CT molecular complexity index is 1960. The third-order valence-corrected chi connectivity index (χ3v) is 12.0. The van der Waals surface area contributed by atoms with Crippen LogP contribution in [0.1, 0.15) is 40.0 Å². The van der Waals surface area contributed by atoms with Crippen LogP contribution in [0.2, 0.25) is 0 Å². The number of likely N-dealkylation sites (N-methyl/N-ethyl adjacent to an activating group) is 1. The Kier molecular flexibility index (Phi) is 11.2. The molecule has 0 aliphatic carbocycles. The Balaban J connectivity index is 0.988. The second-order valence-electron chi connectivity index (χ2n) is 13.1. The molecule has 0 amide bonds. The van der Waals surface area contributed by atoms with Crippen molar-refractivity contribution in [1.82, 2.24) is 9.47 Å². The number of carbonyl (C=O) groups excluding carboxylic acids is 1. The van der Waals surface area contributed by atoms with Crippen LogP contribution in [-0.2, 0) is 15.1 Å². The Morgan fingerprint density at radius 2 is 1.42 bits per heavy atom. The summed E-state index contributed by atoms with van der Waals surface area (Å²) in [6.07, 6.45) is 1.55. The third-order valence-electron chi connectivity index (χ3n) is 9.69. The predicted octanol–water partition coefficient (Wildman–Crippen LogP) is 7.39. The van der Waals surface area contributed by atoms with E-state index in [2.05, 4.69) is 41.3 Å². The van der Waals surface area contributed by atoms with Crippen LogP contribution in [0.4, 0.5) is 10.1 Å². The van der Waals surface area contributed by atoms with Gasteiger partial charge in [-0.1, -0.05) is 113 Å². The van der Waals surface area contributed by atoms with Crippen LogP contribution in [0.25, 0.3) is 10.9 Å². The molecule has 4 aromatic carbocycles. The Hall–Kier alpha value is -4.29. The Morgan fingerprint density at radius 3 is 2.00 bits per heavy atom. The van der Waals surface area contributed by atoms with Gasteiger partial charge >= 0.3 is 5.97 Å². The summed E-state index contributed by atoms with van der Waals surface area (Å²) in [6.45, 7) is 5.74. The number of aromatic nitrogens is 1. The molecule has 5 aromatic rings. The fraction of sp³-hybridized carbons (Fsp3) is 0.317. The topological polar surface area (TPSA) is 73.2 Å². The monoisotopic (exact) mass is 739 g/mol. The van der Waals surface area contributed by atoms with E-state index in [9.17, 15) is 9.59 Å². The summed E-state index contributed by atoms with van der Waals surface area (Å²) in [6, 6.07) is 31.9. The predicted molar refractivity (Wildman–Crippen MR) is 208 cm³/mol. The van der Waals surface area contributed by atoms with Crippen molar-refractivity contribution in [3.8, 4) is 5.75 Å². The standard InChI is InChI=1S/C41H42FN3O5S2/c1-29-28-49-39-36-33(26-35(42)37(39)44-20-18-43(2)19-21-44)38(46)34(27-45(29)36)40(47)48-22-24-51-52-25-23-50-41(30-12-6-3-7-13-30,31-14-8-4-9-15-31)32-16-10-5-11-17-32/h3-17,26-27,29H,18-25,28H2,1-2H3/t29-/m0/s1. The molecule has 1 saturated heterocycles. The molecule has 8 nitrogen and oxygen atoms in total. The van der Waals surface area contributed by atoms with Crippen LogP contribution in [-0.4, -0.2) is 80.0 Å². The molecule has 3 heterocycles. The molecule has 2 aliphatic heterocycles. The normalized spacial score (nSPS) is 16.1. The molecule has 0 saturated carbocycles. The molecule has 1 atom stereocenters. The zero-order valence-corrected chi connectivity index (χ0v) is 31.0. The van der Waals surface area contributed by atoms with Crippen molar-refractivity contribution in [3.63, 3.8) is 0 Å². The largest absolute Gasteiger partial charge is 0.487 e. The highest BCUT2D eigenvalue weighted by Gasteiger charge is 2.37. The van der Waals surface area contributed by atoms with Crippen molar-refractivity contribution < 1.29 is 23.4 Å². The molecule has 11 heteroatoms. The maximum atomic E-state index is 15.7. The van der Waals surface area contributed by atoms with E-state index >= 15 is 4.39 Å². The summed E-state index contributed by atoms with van der Waals surface area (Å²) in [4.78, 5) is 31.0. The minimum absolute atomic E-state index is 0.107. The first-order valence-electron chi connectivity index (χ1n) is 17.6. The molecule has 0 bridgehead atoms. The molecular weight excluding hydrogens is 698 g/mol. The maximum Gasteiger partial charge on any atom is 0.343 e. The van der Waals surface area contributed by atoms with Gasteiger partial charge < -0.3 is 28.6 Å². The fourth-order valence-electron chi connectivity index (χ4n) is 7.04. The highest BCUT2D eigenvalue weighted by Crippen LogP contribution is 2.43. The SMILES string of the molecule is C[C@H]1COc2c(N3CCN(C)CC3)c(F)cc3c(=O)c(C(=O)OCCSSCCOC(c4ccccc4)(c4ccccc4)c4ccccc4)cn1c23. The molecule has 0 N–H and O–H groups in total. The van der Waals surface area contributed by atoms with Gasteiger partial charge in [-0.05, 0) is 36.7 Å². The van der Waals surface area contributed by atoms with Crippen molar-refractivity contribution >= 4 is 44.1 Å². The number of rotatable bonds is 13. The number of benzene rings is 4. The first-order valence-corrected chi connectivity index (χ1v) is 20.1. The number of ether oxygens (including phenoxy) is 3. The van der Waals surface area contributed by atoms with Gasteiger partial charge in [-0.25, -0.2) is 9.18 Å². The summed E-state index contributed by atoms with van der Waals surface area (Å²) < 4.78 is 36.1. The first kappa shape index (κ1) is 36.1. The smallest absolute Gasteiger partial charge is 0.343 e. The minimum atomic E-state index is -0.781. The molecule has 0 unspecified atom stereocenters. The van der Waals surface area contributed by atoms with E-state index in [1.54, 1.807) is 27.8 Å². The van der Waals surface area contributed by atoms with Crippen molar-refractivity contribution in [2.75, 3.05) is 69.5 Å². The number of esters is 1. The molecule has 0 radical (unpaired) electrons. The molecule has 52 heavy (non-hydrogen) atoms. The van der Waals surface area contributed by atoms with E-state index in [4.69, 9.17) is 14.2 Å². The molecular formula is C41H42FN3O5S2. The van der Waals surface area contributed by atoms with Crippen molar-refractivity contribution in [2.24, 2.45) is 0 Å².